The molecule has 4 rings (SSSR count). The van der Waals surface area contributed by atoms with E-state index in [1.807, 2.05) is 0 Å². The van der Waals surface area contributed by atoms with Crippen LogP contribution in [0, 0.1) is 5.82 Å². The molecule has 0 saturated carbocycles. The molecule has 8 nitrogen and oxygen atoms in total. The summed E-state index contributed by atoms with van der Waals surface area (Å²) in [6, 6.07) is 15.8. The molecule has 0 radical (unpaired) electrons. The van der Waals surface area contributed by atoms with E-state index in [4.69, 9.17) is 4.74 Å². The maximum absolute atomic E-state index is 13.5. The second-order valence-corrected chi connectivity index (χ2v) is 11.9. The minimum Gasteiger partial charge on any atom is -0.377 e. The number of pyridine rings is 1. The molecular formula is C24H26FN3O5S2. The van der Waals surface area contributed by atoms with Crippen LogP contribution in [0.1, 0.15) is 24.1 Å². The van der Waals surface area contributed by atoms with Gasteiger partial charge < -0.3 is 4.74 Å². The van der Waals surface area contributed by atoms with Crippen molar-refractivity contribution in [3.63, 3.8) is 0 Å². The Morgan fingerprint density at radius 1 is 0.943 bits per heavy atom. The first-order valence-corrected chi connectivity index (χ1v) is 14.0. The number of hydrogen-bond donors (Lipinski definition) is 1. The van der Waals surface area contributed by atoms with Gasteiger partial charge in [0.15, 0.2) is 0 Å². The molecule has 0 spiro atoms. The van der Waals surface area contributed by atoms with Crippen LogP contribution in [0.2, 0.25) is 0 Å². The Labute approximate surface area is 204 Å². The summed E-state index contributed by atoms with van der Waals surface area (Å²) < 4.78 is 74.8. The molecule has 186 valence electrons. The molecule has 1 aromatic heterocycles. The van der Waals surface area contributed by atoms with Crippen molar-refractivity contribution in [3.05, 3.63) is 90.0 Å². The Morgan fingerprint density at radius 2 is 1.66 bits per heavy atom. The Hall–Kier alpha value is -2.70. The zero-order valence-corrected chi connectivity index (χ0v) is 20.5. The molecule has 0 aliphatic carbocycles. The number of halogens is 1. The molecule has 1 fully saturated rings. The number of rotatable bonds is 10. The molecule has 11 heteroatoms. The van der Waals surface area contributed by atoms with Crippen molar-refractivity contribution < 1.29 is 26.0 Å². The molecule has 35 heavy (non-hydrogen) atoms. The number of nitrogens with zero attached hydrogens (tertiary/aromatic N) is 2. The number of hydrogen-bond acceptors (Lipinski definition) is 6. The minimum absolute atomic E-state index is 0.0104. The number of benzene rings is 2. The summed E-state index contributed by atoms with van der Waals surface area (Å²) in [4.78, 5) is 4.12. The highest BCUT2D eigenvalue weighted by Crippen LogP contribution is 2.23. The monoisotopic (exact) mass is 519 g/mol. The Morgan fingerprint density at radius 3 is 2.29 bits per heavy atom. The Balaban J connectivity index is 1.56. The fourth-order valence-electron chi connectivity index (χ4n) is 3.72. The van der Waals surface area contributed by atoms with Crippen LogP contribution in [-0.4, -0.2) is 45.4 Å². The van der Waals surface area contributed by atoms with Gasteiger partial charge >= 0.3 is 0 Å². The van der Waals surface area contributed by atoms with Gasteiger partial charge in [0.1, 0.15) is 5.82 Å². The van der Waals surface area contributed by atoms with Crippen molar-refractivity contribution in [1.29, 1.82) is 0 Å². The summed E-state index contributed by atoms with van der Waals surface area (Å²) in [5, 5.41) is 0. The predicted molar refractivity (Wildman–Crippen MR) is 128 cm³/mol. The zero-order valence-electron chi connectivity index (χ0n) is 18.9. The van der Waals surface area contributed by atoms with Crippen molar-refractivity contribution in [1.82, 2.24) is 14.0 Å². The van der Waals surface area contributed by atoms with Gasteiger partial charge in [-0.2, -0.15) is 4.31 Å². The number of aromatic nitrogens is 1. The van der Waals surface area contributed by atoms with Crippen molar-refractivity contribution in [3.8, 4) is 0 Å². The van der Waals surface area contributed by atoms with E-state index >= 15 is 0 Å². The fourth-order valence-corrected chi connectivity index (χ4v) is 6.19. The topological polar surface area (TPSA) is 106 Å². The van der Waals surface area contributed by atoms with Gasteiger partial charge in [0.05, 0.1) is 28.1 Å². The Kier molecular flexibility index (Phi) is 7.92. The summed E-state index contributed by atoms with van der Waals surface area (Å²) in [5.74, 6) is -0.419. The normalized spacial score (nSPS) is 16.6. The molecule has 3 aromatic rings. The van der Waals surface area contributed by atoms with Crippen LogP contribution in [0.4, 0.5) is 4.39 Å². The molecule has 1 saturated heterocycles. The average molecular weight is 520 g/mol. The third kappa shape index (κ3) is 6.50. The van der Waals surface area contributed by atoms with Crippen LogP contribution in [0.5, 0.6) is 0 Å². The fraction of sp³-hybridized carbons (Fsp3) is 0.292. The highest BCUT2D eigenvalue weighted by atomic mass is 32.2. The lowest BCUT2D eigenvalue weighted by Crippen LogP contribution is -2.32. The van der Waals surface area contributed by atoms with Crippen LogP contribution < -0.4 is 4.72 Å². The summed E-state index contributed by atoms with van der Waals surface area (Å²) in [6.07, 6.45) is 3.10. The van der Waals surface area contributed by atoms with Gasteiger partial charge in [-0.3, -0.25) is 4.98 Å². The van der Waals surface area contributed by atoms with E-state index in [0.717, 1.165) is 12.8 Å². The van der Waals surface area contributed by atoms with Crippen molar-refractivity contribution in [2.24, 2.45) is 0 Å². The summed E-state index contributed by atoms with van der Waals surface area (Å²) in [5.41, 5.74) is 1.14. The van der Waals surface area contributed by atoms with Gasteiger partial charge in [0.25, 0.3) is 0 Å². The van der Waals surface area contributed by atoms with Gasteiger partial charge in [-0.1, -0.05) is 18.2 Å². The molecule has 1 atom stereocenters. The smallest absolute Gasteiger partial charge is 0.243 e. The molecule has 2 aromatic carbocycles. The third-order valence-electron chi connectivity index (χ3n) is 5.63. The van der Waals surface area contributed by atoms with Crippen LogP contribution in [0.25, 0.3) is 0 Å². The first-order chi connectivity index (χ1) is 16.7. The predicted octanol–water partition coefficient (Wildman–Crippen LogP) is 3.07. The van der Waals surface area contributed by atoms with E-state index in [1.165, 1.54) is 52.8 Å². The lowest BCUT2D eigenvalue weighted by Gasteiger charge is -2.22. The van der Waals surface area contributed by atoms with Gasteiger partial charge in [-0.15, -0.1) is 0 Å². The Bertz CT molecular complexity index is 1330. The molecular weight excluding hydrogens is 493 g/mol. The lowest BCUT2D eigenvalue weighted by atomic mass is 10.2. The second kappa shape index (κ2) is 10.9. The van der Waals surface area contributed by atoms with Gasteiger partial charge in [-0.05, 0) is 66.9 Å². The lowest BCUT2D eigenvalue weighted by molar-refractivity contribution is 0.114. The molecule has 0 amide bonds. The van der Waals surface area contributed by atoms with Crippen LogP contribution >= 0.6 is 0 Å². The highest BCUT2D eigenvalue weighted by Gasteiger charge is 2.27. The van der Waals surface area contributed by atoms with E-state index in [1.54, 1.807) is 24.4 Å². The second-order valence-electron chi connectivity index (χ2n) is 8.18. The minimum atomic E-state index is -4.03. The SMILES string of the molecule is O=S(=O)(NC[C@@H]1CCCO1)c1ccc(S(=O)(=O)N(Cc2ccc(F)cc2)Cc2ccccn2)cc1. The van der Waals surface area contributed by atoms with Crippen molar-refractivity contribution in [2.75, 3.05) is 13.2 Å². The molecule has 1 aliphatic rings. The van der Waals surface area contributed by atoms with E-state index in [0.29, 0.717) is 17.9 Å². The summed E-state index contributed by atoms with van der Waals surface area (Å²) >= 11 is 0. The molecule has 0 unspecified atom stereocenters. The van der Waals surface area contributed by atoms with Gasteiger partial charge in [0, 0.05) is 25.9 Å². The van der Waals surface area contributed by atoms with Gasteiger partial charge in [0.2, 0.25) is 20.0 Å². The van der Waals surface area contributed by atoms with Crippen LogP contribution in [0.3, 0.4) is 0 Å². The van der Waals surface area contributed by atoms with Crippen LogP contribution in [0.15, 0.2) is 82.7 Å². The summed E-state index contributed by atoms with van der Waals surface area (Å²) in [6.45, 7) is 0.759. The highest BCUT2D eigenvalue weighted by molar-refractivity contribution is 7.89. The maximum Gasteiger partial charge on any atom is 0.243 e. The third-order valence-corrected chi connectivity index (χ3v) is 8.88. The largest absolute Gasteiger partial charge is 0.377 e. The number of sulfonamides is 2. The first kappa shape index (κ1) is 25.4. The van der Waals surface area contributed by atoms with Crippen LogP contribution in [-0.2, 0) is 37.9 Å². The standard InChI is InChI=1S/C24H26FN3O5S2/c25-20-8-6-19(7-9-20)17-28(18-21-4-1-2-14-26-21)35(31,32)24-12-10-23(11-13-24)34(29,30)27-16-22-5-3-15-33-22/h1-2,4,6-14,22,27H,3,5,15-18H2/t22-/m0/s1. The first-order valence-electron chi connectivity index (χ1n) is 11.1. The maximum atomic E-state index is 13.5. The summed E-state index contributed by atoms with van der Waals surface area (Å²) in [7, 11) is -7.85. The van der Waals surface area contributed by atoms with Crippen molar-refractivity contribution >= 4 is 20.0 Å². The van der Waals surface area contributed by atoms with E-state index in [2.05, 4.69) is 9.71 Å². The number of ether oxygens (including phenoxy) is 1. The zero-order chi connectivity index (χ0) is 24.9. The average Bonchev–Trinajstić information content (AvgIpc) is 3.38. The number of nitrogens with one attached hydrogen (secondary N) is 1. The van der Waals surface area contributed by atoms with E-state index < -0.39 is 25.9 Å². The molecule has 0 bridgehead atoms. The molecule has 1 N–H and O–H groups in total. The van der Waals surface area contributed by atoms with Gasteiger partial charge in [-0.25, -0.2) is 25.9 Å². The van der Waals surface area contributed by atoms with E-state index in [9.17, 15) is 21.2 Å². The quantitative estimate of drug-likeness (QED) is 0.441. The van der Waals surface area contributed by atoms with Crippen molar-refractivity contribution in [2.45, 2.75) is 41.8 Å². The van der Waals surface area contributed by atoms with E-state index in [-0.39, 0.29) is 35.5 Å². The molecule has 2 heterocycles. The molecule has 1 aliphatic heterocycles.